The van der Waals surface area contributed by atoms with E-state index in [9.17, 15) is 19.5 Å². The van der Waals surface area contributed by atoms with Gasteiger partial charge in [-0.2, -0.15) is 0 Å². The first kappa shape index (κ1) is 23.4. The van der Waals surface area contributed by atoms with Crippen molar-refractivity contribution in [3.8, 4) is 11.1 Å². The third-order valence-electron chi connectivity index (χ3n) is 7.92. The van der Waals surface area contributed by atoms with Crippen molar-refractivity contribution in [1.29, 1.82) is 0 Å². The number of aliphatic carboxylic acids is 1. The Morgan fingerprint density at radius 2 is 1.63 bits per heavy atom. The second kappa shape index (κ2) is 8.40. The van der Waals surface area contributed by atoms with Crippen molar-refractivity contribution < 1.29 is 24.2 Å². The van der Waals surface area contributed by atoms with E-state index in [4.69, 9.17) is 4.74 Å². The van der Waals surface area contributed by atoms with Gasteiger partial charge in [-0.15, -0.1) is 0 Å². The molecule has 2 saturated carbocycles. The lowest BCUT2D eigenvalue weighted by Gasteiger charge is -2.31. The Morgan fingerprint density at radius 3 is 2.17 bits per heavy atom. The van der Waals surface area contributed by atoms with E-state index in [0.717, 1.165) is 22.3 Å². The molecular weight excluding hydrogens is 444 g/mol. The minimum absolute atomic E-state index is 0.0625. The Morgan fingerprint density at radius 1 is 1.03 bits per heavy atom. The SMILES string of the molecule is CC(C)(C)[C@H](NC(=O)OCC1c2ccccc2-c2ccccc21)C(=O)N[C@@H]1C[C@H]2C[C@@]2(C(=O)O)C1. The van der Waals surface area contributed by atoms with Crippen LogP contribution in [0.3, 0.4) is 0 Å². The zero-order valence-corrected chi connectivity index (χ0v) is 20.3. The second-order valence-electron chi connectivity index (χ2n) is 11.3. The van der Waals surface area contributed by atoms with Gasteiger partial charge in [0.15, 0.2) is 0 Å². The van der Waals surface area contributed by atoms with E-state index in [-0.39, 0.29) is 30.4 Å². The van der Waals surface area contributed by atoms with Gasteiger partial charge < -0.3 is 20.5 Å². The minimum Gasteiger partial charge on any atom is -0.481 e. The van der Waals surface area contributed by atoms with Crippen molar-refractivity contribution in [3.05, 3.63) is 59.7 Å². The van der Waals surface area contributed by atoms with Gasteiger partial charge >= 0.3 is 12.1 Å². The summed E-state index contributed by atoms with van der Waals surface area (Å²) in [5.74, 6) is -1.01. The van der Waals surface area contributed by atoms with Gasteiger partial charge in [-0.3, -0.25) is 9.59 Å². The van der Waals surface area contributed by atoms with E-state index in [1.54, 1.807) is 0 Å². The van der Waals surface area contributed by atoms with Crippen LogP contribution in [0.5, 0.6) is 0 Å². The summed E-state index contributed by atoms with van der Waals surface area (Å²) >= 11 is 0. The molecule has 2 amide bonds. The number of benzene rings is 2. The fourth-order valence-electron chi connectivity index (χ4n) is 5.98. The van der Waals surface area contributed by atoms with Gasteiger partial charge in [-0.25, -0.2) is 4.79 Å². The molecular formula is C28H32N2O5. The fraction of sp³-hybridized carbons (Fsp3) is 0.464. The molecule has 5 rings (SSSR count). The average Bonchev–Trinajstić information content (AvgIpc) is 3.24. The van der Waals surface area contributed by atoms with Crippen molar-refractivity contribution >= 4 is 18.0 Å². The van der Waals surface area contributed by atoms with Crippen LogP contribution >= 0.6 is 0 Å². The third-order valence-corrected chi connectivity index (χ3v) is 7.92. The molecule has 3 aliphatic rings. The molecule has 0 heterocycles. The van der Waals surface area contributed by atoms with Crippen LogP contribution < -0.4 is 10.6 Å². The van der Waals surface area contributed by atoms with E-state index in [1.165, 1.54) is 0 Å². The lowest BCUT2D eigenvalue weighted by Crippen LogP contribution is -2.55. The summed E-state index contributed by atoms with van der Waals surface area (Å²) in [6, 6.07) is 15.3. The standard InChI is InChI=1S/C28H32N2O5/c1-27(2,3)23(24(31)29-17-12-16-13-28(16,14-17)25(32)33)30-26(34)35-15-22-20-10-6-4-8-18(20)19-9-5-7-11-21(19)22/h4-11,16-17,22-23H,12-15H2,1-3H3,(H,29,31)(H,30,34)(H,32,33)/t16-,17+,23+,28+/m0/s1. The van der Waals surface area contributed by atoms with Crippen LogP contribution in [0.25, 0.3) is 11.1 Å². The fourth-order valence-corrected chi connectivity index (χ4v) is 5.98. The lowest BCUT2D eigenvalue weighted by molar-refractivity contribution is -0.144. The molecule has 0 spiro atoms. The molecule has 0 radical (unpaired) electrons. The van der Waals surface area contributed by atoms with Crippen LogP contribution in [-0.2, 0) is 14.3 Å². The van der Waals surface area contributed by atoms with Crippen LogP contribution in [0, 0.1) is 16.7 Å². The molecule has 3 N–H and O–H groups in total. The van der Waals surface area contributed by atoms with E-state index in [2.05, 4.69) is 34.9 Å². The monoisotopic (exact) mass is 476 g/mol. The van der Waals surface area contributed by atoms with Crippen LogP contribution in [0.2, 0.25) is 0 Å². The molecule has 0 bridgehead atoms. The third kappa shape index (κ3) is 4.17. The average molecular weight is 477 g/mol. The summed E-state index contributed by atoms with van der Waals surface area (Å²) in [5.41, 5.74) is 3.32. The van der Waals surface area contributed by atoms with Crippen LogP contribution in [0.1, 0.15) is 57.1 Å². The van der Waals surface area contributed by atoms with E-state index >= 15 is 0 Å². The number of nitrogens with one attached hydrogen (secondary N) is 2. The summed E-state index contributed by atoms with van der Waals surface area (Å²) in [5, 5.41) is 15.3. The number of rotatable bonds is 6. The van der Waals surface area contributed by atoms with Crippen LogP contribution in [0.15, 0.2) is 48.5 Å². The van der Waals surface area contributed by atoms with Crippen molar-refractivity contribution in [2.24, 2.45) is 16.7 Å². The number of hydrogen-bond acceptors (Lipinski definition) is 4. The molecule has 4 atom stereocenters. The molecule has 0 aromatic heterocycles. The Kier molecular flexibility index (Phi) is 5.61. The summed E-state index contributed by atoms with van der Waals surface area (Å²) in [4.78, 5) is 37.6. The summed E-state index contributed by atoms with van der Waals surface area (Å²) in [7, 11) is 0. The highest BCUT2D eigenvalue weighted by Gasteiger charge is 2.65. The quantitative estimate of drug-likeness (QED) is 0.576. The van der Waals surface area contributed by atoms with Gasteiger partial charge in [0, 0.05) is 12.0 Å². The summed E-state index contributed by atoms with van der Waals surface area (Å²) in [6.45, 7) is 5.81. The zero-order valence-electron chi connectivity index (χ0n) is 20.3. The molecule has 7 heteroatoms. The Balaban J connectivity index is 1.22. The Hall–Kier alpha value is -3.35. The molecule has 0 aliphatic heterocycles. The maximum absolute atomic E-state index is 13.1. The summed E-state index contributed by atoms with van der Waals surface area (Å²) in [6.07, 6.45) is 1.16. The predicted molar refractivity (Wildman–Crippen MR) is 131 cm³/mol. The highest BCUT2D eigenvalue weighted by atomic mass is 16.5. The van der Waals surface area contributed by atoms with Crippen molar-refractivity contribution in [1.82, 2.24) is 10.6 Å². The number of carboxylic acids is 1. The molecule has 2 aromatic rings. The lowest BCUT2D eigenvalue weighted by atomic mass is 9.86. The minimum atomic E-state index is -0.809. The number of carbonyl (C=O) groups excluding carboxylic acids is 2. The van der Waals surface area contributed by atoms with Crippen LogP contribution in [0.4, 0.5) is 4.79 Å². The first-order valence-electron chi connectivity index (χ1n) is 12.3. The molecule has 0 unspecified atom stereocenters. The van der Waals surface area contributed by atoms with E-state index in [0.29, 0.717) is 19.3 Å². The molecule has 184 valence electrons. The topological polar surface area (TPSA) is 105 Å². The highest BCUT2D eigenvalue weighted by molar-refractivity contribution is 5.87. The maximum Gasteiger partial charge on any atom is 0.407 e. The highest BCUT2D eigenvalue weighted by Crippen LogP contribution is 2.63. The number of amides is 2. The van der Waals surface area contributed by atoms with Gasteiger partial charge in [0.25, 0.3) is 0 Å². The zero-order chi connectivity index (χ0) is 25.0. The number of ether oxygens (including phenoxy) is 1. The van der Waals surface area contributed by atoms with Gasteiger partial charge in [-0.1, -0.05) is 69.3 Å². The molecule has 2 fully saturated rings. The predicted octanol–water partition coefficient (Wildman–Crippen LogP) is 4.31. The van der Waals surface area contributed by atoms with Gasteiger partial charge in [0.05, 0.1) is 5.41 Å². The second-order valence-corrected chi connectivity index (χ2v) is 11.3. The number of carboxylic acid groups (broad SMARTS) is 1. The normalized spacial score (nSPS) is 25.1. The molecule has 7 nitrogen and oxygen atoms in total. The Labute approximate surface area is 205 Å². The largest absolute Gasteiger partial charge is 0.481 e. The van der Waals surface area contributed by atoms with E-state index in [1.807, 2.05) is 45.0 Å². The molecule has 0 saturated heterocycles. The van der Waals surface area contributed by atoms with Gasteiger partial charge in [0.1, 0.15) is 12.6 Å². The van der Waals surface area contributed by atoms with Gasteiger partial charge in [0.2, 0.25) is 5.91 Å². The van der Waals surface area contributed by atoms with Gasteiger partial charge in [-0.05, 0) is 52.8 Å². The number of fused-ring (bicyclic) bond motifs is 4. The number of alkyl carbamates (subject to hydrolysis) is 1. The first-order chi connectivity index (χ1) is 16.6. The van der Waals surface area contributed by atoms with Crippen molar-refractivity contribution in [3.63, 3.8) is 0 Å². The van der Waals surface area contributed by atoms with E-state index < -0.39 is 28.9 Å². The maximum atomic E-state index is 13.1. The number of hydrogen-bond donors (Lipinski definition) is 3. The van der Waals surface area contributed by atoms with Crippen LogP contribution in [-0.4, -0.2) is 41.8 Å². The molecule has 35 heavy (non-hydrogen) atoms. The smallest absolute Gasteiger partial charge is 0.407 e. The summed E-state index contributed by atoms with van der Waals surface area (Å²) < 4.78 is 5.65. The number of carbonyl (C=O) groups is 3. The van der Waals surface area contributed by atoms with Crippen molar-refractivity contribution in [2.75, 3.05) is 6.61 Å². The molecule has 3 aliphatic carbocycles. The first-order valence-corrected chi connectivity index (χ1v) is 12.3. The van der Waals surface area contributed by atoms with Crippen molar-refractivity contribution in [2.45, 2.75) is 58.0 Å². The Bertz CT molecular complexity index is 1140. The molecule has 2 aromatic carbocycles.